The Morgan fingerprint density at radius 2 is 2.14 bits per heavy atom. The molecule has 6 heteroatoms. The second-order valence-electron chi connectivity index (χ2n) is 5.83. The number of hydrogen-bond donors (Lipinski definition) is 2. The number of nitrogens with zero attached hydrogens (tertiary/aromatic N) is 2. The second-order valence-corrected chi connectivity index (χ2v) is 6.92. The monoisotopic (exact) mass is 319 g/mol. The Labute approximate surface area is 133 Å². The molecule has 0 radical (unpaired) electrons. The Hall–Kier alpha value is -1.69. The van der Waals surface area contributed by atoms with Crippen LogP contribution in [0, 0.1) is 6.92 Å². The van der Waals surface area contributed by atoms with Crippen molar-refractivity contribution >= 4 is 33.3 Å². The van der Waals surface area contributed by atoms with E-state index >= 15 is 0 Å². The molecule has 2 heterocycles. The van der Waals surface area contributed by atoms with Crippen LogP contribution >= 0.6 is 11.3 Å². The van der Waals surface area contributed by atoms with Crippen LogP contribution in [0.1, 0.15) is 48.9 Å². The first-order chi connectivity index (χ1) is 10.6. The predicted molar refractivity (Wildman–Crippen MR) is 88.7 cm³/mol. The van der Waals surface area contributed by atoms with E-state index in [1.165, 1.54) is 23.3 Å². The highest BCUT2D eigenvalue weighted by Crippen LogP contribution is 2.38. The van der Waals surface area contributed by atoms with Gasteiger partial charge in [-0.2, -0.15) is 0 Å². The molecule has 0 bridgehead atoms. The quantitative estimate of drug-likeness (QED) is 0.881. The minimum atomic E-state index is -0.824. The highest BCUT2D eigenvalue weighted by atomic mass is 32.1. The topological polar surface area (TPSA) is 75.1 Å². The maximum Gasteiger partial charge on any atom is 0.326 e. The van der Waals surface area contributed by atoms with Crippen molar-refractivity contribution in [1.82, 2.24) is 9.97 Å². The van der Waals surface area contributed by atoms with E-state index in [2.05, 4.69) is 15.3 Å². The molecule has 0 saturated carbocycles. The number of rotatable bonds is 5. The Balaban J connectivity index is 2.07. The lowest BCUT2D eigenvalue weighted by Crippen LogP contribution is -2.29. The van der Waals surface area contributed by atoms with E-state index in [4.69, 9.17) is 0 Å². The summed E-state index contributed by atoms with van der Waals surface area (Å²) in [6.45, 7) is 3.85. The van der Waals surface area contributed by atoms with E-state index in [0.29, 0.717) is 18.1 Å². The van der Waals surface area contributed by atoms with Gasteiger partial charge in [-0.1, -0.05) is 13.3 Å². The zero-order valence-corrected chi connectivity index (χ0v) is 13.8. The zero-order chi connectivity index (χ0) is 15.7. The van der Waals surface area contributed by atoms with E-state index in [-0.39, 0.29) is 0 Å². The van der Waals surface area contributed by atoms with Crippen LogP contribution in [-0.2, 0) is 17.6 Å². The van der Waals surface area contributed by atoms with Gasteiger partial charge in [0.2, 0.25) is 0 Å². The lowest BCUT2D eigenvalue weighted by Gasteiger charge is -2.17. The fourth-order valence-corrected chi connectivity index (χ4v) is 4.39. The SMILES string of the molecule is CCCC(Nc1nc(C)nc2sc3c(c12)CCCC3)C(=O)O. The molecule has 0 saturated heterocycles. The average molecular weight is 319 g/mol. The molecule has 0 spiro atoms. The molecule has 0 amide bonds. The standard InChI is InChI=1S/C16H21N3O2S/c1-3-6-11(16(20)21)19-14-13-10-7-4-5-8-12(10)22-15(13)18-9(2)17-14/h11H,3-8H2,1-2H3,(H,20,21)(H,17,18,19). The third kappa shape index (κ3) is 2.79. The van der Waals surface area contributed by atoms with E-state index in [1.54, 1.807) is 11.3 Å². The fraction of sp³-hybridized carbons (Fsp3) is 0.562. The third-order valence-electron chi connectivity index (χ3n) is 4.11. The summed E-state index contributed by atoms with van der Waals surface area (Å²) >= 11 is 1.74. The number of carbonyl (C=O) groups is 1. The van der Waals surface area contributed by atoms with Gasteiger partial charge >= 0.3 is 5.97 Å². The summed E-state index contributed by atoms with van der Waals surface area (Å²) in [7, 11) is 0. The Morgan fingerprint density at radius 1 is 1.36 bits per heavy atom. The first kappa shape index (κ1) is 15.2. The molecule has 0 aliphatic heterocycles. The van der Waals surface area contributed by atoms with Gasteiger partial charge in [-0.3, -0.25) is 0 Å². The van der Waals surface area contributed by atoms with Gasteiger partial charge in [0, 0.05) is 4.88 Å². The average Bonchev–Trinajstić information content (AvgIpc) is 2.84. The van der Waals surface area contributed by atoms with Crippen molar-refractivity contribution in [3.8, 4) is 0 Å². The van der Waals surface area contributed by atoms with Crippen LogP contribution in [0.4, 0.5) is 5.82 Å². The molecule has 1 aliphatic carbocycles. The van der Waals surface area contributed by atoms with Gasteiger partial charge in [-0.25, -0.2) is 14.8 Å². The Morgan fingerprint density at radius 3 is 2.86 bits per heavy atom. The van der Waals surface area contributed by atoms with Gasteiger partial charge in [-0.15, -0.1) is 11.3 Å². The van der Waals surface area contributed by atoms with Crippen molar-refractivity contribution in [2.24, 2.45) is 0 Å². The van der Waals surface area contributed by atoms with Gasteiger partial charge in [0.1, 0.15) is 22.5 Å². The van der Waals surface area contributed by atoms with Gasteiger partial charge in [-0.05, 0) is 44.6 Å². The molecule has 1 atom stereocenters. The summed E-state index contributed by atoms with van der Waals surface area (Å²) in [4.78, 5) is 22.9. The van der Waals surface area contributed by atoms with Gasteiger partial charge in [0.25, 0.3) is 0 Å². The third-order valence-corrected chi connectivity index (χ3v) is 5.30. The maximum absolute atomic E-state index is 11.4. The molecule has 2 aromatic rings. The van der Waals surface area contributed by atoms with Crippen LogP contribution < -0.4 is 5.32 Å². The molecule has 22 heavy (non-hydrogen) atoms. The predicted octanol–water partition coefficient (Wildman–Crippen LogP) is 3.54. The lowest BCUT2D eigenvalue weighted by atomic mass is 9.97. The largest absolute Gasteiger partial charge is 0.480 e. The number of fused-ring (bicyclic) bond motifs is 3. The first-order valence-electron chi connectivity index (χ1n) is 7.88. The van der Waals surface area contributed by atoms with Gasteiger partial charge in [0.05, 0.1) is 5.39 Å². The number of aryl methyl sites for hydroxylation is 3. The van der Waals surface area contributed by atoms with Crippen LogP contribution in [0.2, 0.25) is 0 Å². The van der Waals surface area contributed by atoms with Crippen LogP contribution in [0.5, 0.6) is 0 Å². The second kappa shape index (κ2) is 6.20. The zero-order valence-electron chi connectivity index (χ0n) is 13.0. The van der Waals surface area contributed by atoms with E-state index in [1.807, 2.05) is 13.8 Å². The maximum atomic E-state index is 11.4. The molecular formula is C16H21N3O2S. The summed E-state index contributed by atoms with van der Waals surface area (Å²) in [5.41, 5.74) is 1.33. The smallest absolute Gasteiger partial charge is 0.326 e. The first-order valence-corrected chi connectivity index (χ1v) is 8.70. The van der Waals surface area contributed by atoms with Crippen LogP contribution in [-0.4, -0.2) is 27.1 Å². The minimum absolute atomic E-state index is 0.589. The van der Waals surface area contributed by atoms with Crippen molar-refractivity contribution in [3.63, 3.8) is 0 Å². The van der Waals surface area contributed by atoms with Crippen LogP contribution in [0.3, 0.4) is 0 Å². The summed E-state index contributed by atoms with van der Waals surface area (Å²) in [5, 5.41) is 13.6. The molecule has 0 aromatic carbocycles. The number of carboxylic acid groups (broad SMARTS) is 1. The van der Waals surface area contributed by atoms with Crippen molar-refractivity contribution in [1.29, 1.82) is 0 Å². The fourth-order valence-electron chi connectivity index (χ4n) is 3.08. The number of carboxylic acids is 1. The number of anilines is 1. The summed E-state index contributed by atoms with van der Waals surface area (Å²) in [6, 6.07) is -0.596. The van der Waals surface area contributed by atoms with Crippen LogP contribution in [0.15, 0.2) is 0 Å². The van der Waals surface area contributed by atoms with E-state index in [0.717, 1.165) is 29.5 Å². The molecule has 118 valence electrons. The number of aromatic nitrogens is 2. The Bertz CT molecular complexity index is 711. The Kier molecular flexibility index (Phi) is 4.29. The molecule has 0 fully saturated rings. The summed E-state index contributed by atoms with van der Waals surface area (Å²) in [6.07, 6.45) is 5.96. The van der Waals surface area contributed by atoms with Crippen molar-refractivity contribution in [2.75, 3.05) is 5.32 Å². The van der Waals surface area contributed by atoms with Crippen molar-refractivity contribution in [3.05, 3.63) is 16.3 Å². The minimum Gasteiger partial charge on any atom is -0.480 e. The van der Waals surface area contributed by atoms with E-state index in [9.17, 15) is 9.90 Å². The van der Waals surface area contributed by atoms with Crippen LogP contribution in [0.25, 0.3) is 10.2 Å². The molecule has 2 aromatic heterocycles. The molecule has 5 nitrogen and oxygen atoms in total. The number of aliphatic carboxylic acids is 1. The highest BCUT2D eigenvalue weighted by Gasteiger charge is 2.23. The molecule has 2 N–H and O–H groups in total. The number of thiophene rings is 1. The lowest BCUT2D eigenvalue weighted by molar-refractivity contribution is -0.138. The van der Waals surface area contributed by atoms with Crippen molar-refractivity contribution in [2.45, 2.75) is 58.4 Å². The number of hydrogen-bond acceptors (Lipinski definition) is 5. The highest BCUT2D eigenvalue weighted by molar-refractivity contribution is 7.19. The number of nitrogens with one attached hydrogen (secondary N) is 1. The normalized spacial score (nSPS) is 15.5. The molecule has 3 rings (SSSR count). The summed E-state index contributed by atoms with van der Waals surface area (Å²) in [5.74, 6) is 0.562. The van der Waals surface area contributed by atoms with Crippen molar-refractivity contribution < 1.29 is 9.90 Å². The summed E-state index contributed by atoms with van der Waals surface area (Å²) < 4.78 is 0. The van der Waals surface area contributed by atoms with Gasteiger partial charge < -0.3 is 10.4 Å². The molecule has 1 aliphatic rings. The molecule has 1 unspecified atom stereocenters. The molecular weight excluding hydrogens is 298 g/mol. The van der Waals surface area contributed by atoms with Gasteiger partial charge in [0.15, 0.2) is 0 Å². The van der Waals surface area contributed by atoms with E-state index < -0.39 is 12.0 Å².